The molecule has 0 fully saturated rings. The van der Waals surface area contributed by atoms with E-state index in [9.17, 15) is 22.0 Å². The van der Waals surface area contributed by atoms with Gasteiger partial charge in [-0.3, -0.25) is 0 Å². The van der Waals surface area contributed by atoms with Crippen molar-refractivity contribution in [3.05, 3.63) is 22.7 Å². The second-order valence-electron chi connectivity index (χ2n) is 2.49. The Morgan fingerprint density at radius 2 is 1.69 bits per heavy atom. The molecule has 0 aliphatic carbocycles. The molecule has 0 heterocycles. The van der Waals surface area contributed by atoms with E-state index in [2.05, 4.69) is 25.4 Å². The molecule has 0 aliphatic rings. The van der Waals surface area contributed by atoms with Gasteiger partial charge in [0.2, 0.25) is 0 Å². The van der Waals surface area contributed by atoms with Gasteiger partial charge in [-0.2, -0.15) is 8.78 Å². The highest BCUT2D eigenvalue weighted by Crippen LogP contribution is 2.37. The predicted octanol–water partition coefficient (Wildman–Crippen LogP) is 3.95. The molecule has 16 heavy (non-hydrogen) atoms. The van der Waals surface area contributed by atoms with E-state index in [1.165, 1.54) is 0 Å². The normalized spacial score (nSPS) is 11.7. The van der Waals surface area contributed by atoms with Gasteiger partial charge in [0.1, 0.15) is 16.0 Å². The summed E-state index contributed by atoms with van der Waals surface area (Å²) in [5.41, 5.74) is 0. The molecule has 8 heteroatoms. The van der Waals surface area contributed by atoms with Crippen LogP contribution in [0, 0.1) is 0 Å². The number of alkyl halides is 5. The molecule has 0 saturated carbocycles. The molecule has 0 amide bonds. The minimum atomic E-state index is -4.90. The van der Waals surface area contributed by atoms with Gasteiger partial charge in [0.25, 0.3) is 0 Å². The average molecular weight is 307 g/mol. The molecule has 0 radical (unpaired) electrons. The van der Waals surface area contributed by atoms with Crippen LogP contribution < -0.4 is 9.47 Å². The van der Waals surface area contributed by atoms with Crippen molar-refractivity contribution >= 4 is 15.9 Å². The van der Waals surface area contributed by atoms with Gasteiger partial charge in [0.05, 0.1) is 0 Å². The summed E-state index contributed by atoms with van der Waals surface area (Å²) in [6, 6.07) is 3.15. The summed E-state index contributed by atoms with van der Waals surface area (Å²) in [4.78, 5) is 0. The summed E-state index contributed by atoms with van der Waals surface area (Å²) in [7, 11) is 0. The van der Waals surface area contributed by atoms with E-state index in [0.29, 0.717) is 0 Å². The highest BCUT2D eigenvalue weighted by molar-refractivity contribution is 9.10. The van der Waals surface area contributed by atoms with Gasteiger partial charge < -0.3 is 9.47 Å². The first-order chi connectivity index (χ1) is 7.29. The summed E-state index contributed by atoms with van der Waals surface area (Å²) < 4.78 is 66.6. The van der Waals surface area contributed by atoms with Crippen LogP contribution in [-0.4, -0.2) is 13.0 Å². The van der Waals surface area contributed by atoms with Gasteiger partial charge in [-0.25, -0.2) is 0 Å². The minimum Gasteiger partial charge on any atom is -0.433 e. The maximum Gasteiger partial charge on any atom is 0.573 e. The van der Waals surface area contributed by atoms with Crippen LogP contribution in [-0.2, 0) is 0 Å². The Bertz CT molecular complexity index is 366. The number of ether oxygens (including phenoxy) is 2. The molecule has 0 aliphatic heterocycles. The lowest BCUT2D eigenvalue weighted by Gasteiger charge is -2.13. The molecule has 1 aromatic rings. The van der Waals surface area contributed by atoms with Crippen LogP contribution >= 0.6 is 15.9 Å². The largest absolute Gasteiger partial charge is 0.573 e. The first-order valence-electron chi connectivity index (χ1n) is 3.78. The summed E-state index contributed by atoms with van der Waals surface area (Å²) in [6.07, 6.45) is -4.90. The van der Waals surface area contributed by atoms with Crippen LogP contribution in [0.1, 0.15) is 0 Å². The SMILES string of the molecule is FC(F)Oc1cccc(OC(F)(F)F)c1Br. The monoisotopic (exact) mass is 306 g/mol. The standard InChI is InChI=1S/C8H4BrF5O2/c9-6-4(15-7(10)11)2-1-3-5(6)16-8(12,13)14/h1-3,7H. The molecule has 0 N–H and O–H groups in total. The van der Waals surface area contributed by atoms with Crippen LogP contribution in [0.3, 0.4) is 0 Å². The zero-order chi connectivity index (χ0) is 12.3. The third kappa shape index (κ3) is 3.84. The first-order valence-corrected chi connectivity index (χ1v) is 4.58. The van der Waals surface area contributed by atoms with E-state index in [1.54, 1.807) is 0 Å². The maximum atomic E-state index is 11.9. The zero-order valence-electron chi connectivity index (χ0n) is 7.39. The van der Waals surface area contributed by atoms with E-state index in [4.69, 9.17) is 0 Å². The third-order valence-corrected chi connectivity index (χ3v) is 2.15. The summed E-state index contributed by atoms with van der Waals surface area (Å²) in [5, 5.41) is 0. The maximum absolute atomic E-state index is 11.9. The highest BCUT2D eigenvalue weighted by atomic mass is 79.9. The molecule has 2 nitrogen and oxygen atoms in total. The smallest absolute Gasteiger partial charge is 0.433 e. The van der Waals surface area contributed by atoms with Crippen molar-refractivity contribution in [3.8, 4) is 11.5 Å². The van der Waals surface area contributed by atoms with Crippen molar-refractivity contribution in [2.75, 3.05) is 0 Å². The van der Waals surface area contributed by atoms with Crippen molar-refractivity contribution in [3.63, 3.8) is 0 Å². The van der Waals surface area contributed by atoms with Crippen LogP contribution in [0.4, 0.5) is 22.0 Å². The number of hydrogen-bond acceptors (Lipinski definition) is 2. The van der Waals surface area contributed by atoms with Crippen molar-refractivity contribution in [1.82, 2.24) is 0 Å². The lowest BCUT2D eigenvalue weighted by Crippen LogP contribution is -2.17. The Kier molecular flexibility index (Phi) is 3.95. The molecule has 0 unspecified atom stereocenters. The van der Waals surface area contributed by atoms with Crippen LogP contribution in [0.15, 0.2) is 22.7 Å². The lowest BCUT2D eigenvalue weighted by atomic mass is 10.3. The Hall–Kier alpha value is -1.05. The van der Waals surface area contributed by atoms with Gasteiger partial charge in [-0.15, -0.1) is 13.2 Å². The van der Waals surface area contributed by atoms with Gasteiger partial charge in [0, 0.05) is 0 Å². The van der Waals surface area contributed by atoms with Gasteiger partial charge >= 0.3 is 13.0 Å². The molecular formula is C8H4BrF5O2. The minimum absolute atomic E-state index is 0.326. The van der Waals surface area contributed by atoms with Crippen LogP contribution in [0.5, 0.6) is 11.5 Å². The molecule has 0 atom stereocenters. The van der Waals surface area contributed by atoms with Crippen LogP contribution in [0.2, 0.25) is 0 Å². The van der Waals surface area contributed by atoms with Crippen LogP contribution in [0.25, 0.3) is 0 Å². The molecule has 1 aromatic carbocycles. The Morgan fingerprint density at radius 3 is 2.19 bits per heavy atom. The highest BCUT2D eigenvalue weighted by Gasteiger charge is 2.32. The first kappa shape index (κ1) is 13.0. The van der Waals surface area contributed by atoms with E-state index in [0.717, 1.165) is 18.2 Å². The molecule has 0 bridgehead atoms. The third-order valence-electron chi connectivity index (χ3n) is 1.37. The van der Waals surface area contributed by atoms with Gasteiger partial charge in [0.15, 0.2) is 0 Å². The summed E-state index contributed by atoms with van der Waals surface area (Å²) in [5.74, 6) is -1.08. The van der Waals surface area contributed by atoms with Crippen molar-refractivity contribution in [1.29, 1.82) is 0 Å². The van der Waals surface area contributed by atoms with E-state index < -0.39 is 24.5 Å². The number of rotatable bonds is 3. The fourth-order valence-electron chi connectivity index (χ4n) is 0.881. The van der Waals surface area contributed by atoms with E-state index in [-0.39, 0.29) is 4.47 Å². The van der Waals surface area contributed by atoms with E-state index >= 15 is 0 Å². The molecule has 0 saturated heterocycles. The van der Waals surface area contributed by atoms with Crippen molar-refractivity contribution in [2.24, 2.45) is 0 Å². The Labute approximate surface area is 95.1 Å². The molecule has 0 spiro atoms. The molecule has 1 rings (SSSR count). The van der Waals surface area contributed by atoms with Crippen molar-refractivity contribution in [2.45, 2.75) is 13.0 Å². The Balaban J connectivity index is 2.95. The van der Waals surface area contributed by atoms with Gasteiger partial charge in [-0.05, 0) is 28.1 Å². The van der Waals surface area contributed by atoms with E-state index in [1.807, 2.05) is 0 Å². The topological polar surface area (TPSA) is 18.5 Å². The Morgan fingerprint density at radius 1 is 1.12 bits per heavy atom. The molecule has 0 aromatic heterocycles. The van der Waals surface area contributed by atoms with Crippen molar-refractivity contribution < 1.29 is 31.4 Å². The summed E-state index contributed by atoms with van der Waals surface area (Å²) in [6.45, 7) is -3.13. The second-order valence-corrected chi connectivity index (χ2v) is 3.29. The number of halogens is 6. The van der Waals surface area contributed by atoms with Gasteiger partial charge in [-0.1, -0.05) is 6.07 Å². The second kappa shape index (κ2) is 4.86. The quantitative estimate of drug-likeness (QED) is 0.787. The number of benzene rings is 1. The predicted molar refractivity (Wildman–Crippen MR) is 47.5 cm³/mol. The lowest BCUT2D eigenvalue weighted by molar-refractivity contribution is -0.274. The fraction of sp³-hybridized carbons (Fsp3) is 0.250. The summed E-state index contributed by atoms with van der Waals surface area (Å²) >= 11 is 2.68. The molecule has 90 valence electrons. The number of hydrogen-bond donors (Lipinski definition) is 0. The zero-order valence-corrected chi connectivity index (χ0v) is 8.98. The molecular weight excluding hydrogens is 303 g/mol. The average Bonchev–Trinajstić information content (AvgIpc) is 2.09. The fourth-order valence-corrected chi connectivity index (χ4v) is 1.32.